The van der Waals surface area contributed by atoms with Gasteiger partial charge in [-0.1, -0.05) is 0 Å². The molecule has 1 unspecified atom stereocenters. The van der Waals surface area contributed by atoms with Gasteiger partial charge in [0.2, 0.25) is 0 Å². The molecular formula is C10H11F3N2O2. The second kappa shape index (κ2) is 4.48. The van der Waals surface area contributed by atoms with Gasteiger partial charge in [-0.25, -0.2) is 4.68 Å². The summed E-state index contributed by atoms with van der Waals surface area (Å²) in [6.45, 7) is 0.476. The zero-order valence-corrected chi connectivity index (χ0v) is 8.91. The van der Waals surface area contributed by atoms with Crippen molar-refractivity contribution in [2.24, 2.45) is 0 Å². The number of aromatic nitrogens is 2. The second-order valence-corrected chi connectivity index (χ2v) is 3.84. The van der Waals surface area contributed by atoms with E-state index < -0.39 is 18.1 Å². The van der Waals surface area contributed by atoms with Crippen molar-refractivity contribution in [3.05, 3.63) is 17.5 Å². The summed E-state index contributed by atoms with van der Waals surface area (Å²) in [6, 6.07) is 0.741. The molecule has 1 aromatic heterocycles. The first kappa shape index (κ1) is 12.1. The molecule has 94 valence electrons. The highest BCUT2D eigenvalue weighted by Crippen LogP contribution is 2.30. The summed E-state index contributed by atoms with van der Waals surface area (Å²) < 4.78 is 43.7. The lowest BCUT2D eigenvalue weighted by molar-refractivity contribution is -0.142. The Hall–Kier alpha value is -1.37. The van der Waals surface area contributed by atoms with Gasteiger partial charge in [-0.3, -0.25) is 4.79 Å². The van der Waals surface area contributed by atoms with E-state index in [-0.39, 0.29) is 5.69 Å². The van der Waals surface area contributed by atoms with Crippen molar-refractivity contribution < 1.29 is 22.7 Å². The molecule has 4 nitrogen and oxygen atoms in total. The SMILES string of the molecule is O=Cc1cc(C(F)(F)F)nn1C1CCCCO1. The van der Waals surface area contributed by atoms with E-state index in [1.165, 1.54) is 0 Å². The number of hydrogen-bond acceptors (Lipinski definition) is 3. The minimum absolute atomic E-state index is 0.107. The maximum atomic E-state index is 12.5. The minimum atomic E-state index is -4.54. The highest BCUT2D eigenvalue weighted by molar-refractivity contribution is 5.72. The van der Waals surface area contributed by atoms with Crippen LogP contribution in [0.5, 0.6) is 0 Å². The monoisotopic (exact) mass is 248 g/mol. The van der Waals surface area contributed by atoms with E-state index in [4.69, 9.17) is 4.74 Å². The maximum absolute atomic E-state index is 12.5. The number of hydrogen-bond donors (Lipinski definition) is 0. The Kier molecular flexibility index (Phi) is 3.19. The van der Waals surface area contributed by atoms with Gasteiger partial charge >= 0.3 is 6.18 Å². The lowest BCUT2D eigenvalue weighted by Gasteiger charge is -2.23. The van der Waals surface area contributed by atoms with Gasteiger partial charge < -0.3 is 4.74 Å². The number of alkyl halides is 3. The molecular weight excluding hydrogens is 237 g/mol. The van der Waals surface area contributed by atoms with E-state index in [2.05, 4.69) is 5.10 Å². The molecule has 1 saturated heterocycles. The molecule has 17 heavy (non-hydrogen) atoms. The van der Waals surface area contributed by atoms with Crippen LogP contribution in [0, 0.1) is 0 Å². The average Bonchev–Trinajstić information content (AvgIpc) is 2.73. The molecule has 0 N–H and O–H groups in total. The first-order chi connectivity index (χ1) is 8.02. The molecule has 2 heterocycles. The zero-order chi connectivity index (χ0) is 12.5. The molecule has 0 aliphatic carbocycles. The average molecular weight is 248 g/mol. The van der Waals surface area contributed by atoms with Crippen molar-refractivity contribution >= 4 is 6.29 Å². The van der Waals surface area contributed by atoms with Crippen LogP contribution >= 0.6 is 0 Å². The number of carbonyl (C=O) groups excluding carboxylic acids is 1. The highest BCUT2D eigenvalue weighted by atomic mass is 19.4. The third-order valence-electron chi connectivity index (χ3n) is 2.60. The van der Waals surface area contributed by atoms with Crippen LogP contribution in [0.25, 0.3) is 0 Å². The molecule has 0 bridgehead atoms. The molecule has 1 aliphatic rings. The van der Waals surface area contributed by atoms with Gasteiger partial charge in [-0.2, -0.15) is 18.3 Å². The van der Waals surface area contributed by atoms with Crippen molar-refractivity contribution in [3.63, 3.8) is 0 Å². The zero-order valence-electron chi connectivity index (χ0n) is 8.91. The number of rotatable bonds is 2. The van der Waals surface area contributed by atoms with Crippen LogP contribution < -0.4 is 0 Å². The van der Waals surface area contributed by atoms with Crippen molar-refractivity contribution in [2.45, 2.75) is 31.7 Å². The van der Waals surface area contributed by atoms with Gasteiger partial charge in [-0.05, 0) is 25.3 Å². The number of nitrogens with zero attached hydrogens (tertiary/aromatic N) is 2. The van der Waals surface area contributed by atoms with Gasteiger partial charge in [0.25, 0.3) is 0 Å². The van der Waals surface area contributed by atoms with E-state index in [0.717, 1.165) is 23.6 Å². The Labute approximate surface area is 95.4 Å². The van der Waals surface area contributed by atoms with Crippen molar-refractivity contribution in [2.75, 3.05) is 6.61 Å². The van der Waals surface area contributed by atoms with Crippen LogP contribution in [0.15, 0.2) is 6.07 Å². The van der Waals surface area contributed by atoms with Crippen LogP contribution in [-0.4, -0.2) is 22.7 Å². The largest absolute Gasteiger partial charge is 0.435 e. The highest BCUT2D eigenvalue weighted by Gasteiger charge is 2.36. The van der Waals surface area contributed by atoms with Crippen molar-refractivity contribution in [1.82, 2.24) is 9.78 Å². The molecule has 0 saturated carbocycles. The molecule has 0 amide bonds. The molecule has 1 atom stereocenters. The quantitative estimate of drug-likeness (QED) is 0.755. The minimum Gasteiger partial charge on any atom is -0.356 e. The Morgan fingerprint density at radius 3 is 2.76 bits per heavy atom. The van der Waals surface area contributed by atoms with Crippen LogP contribution in [0.2, 0.25) is 0 Å². The maximum Gasteiger partial charge on any atom is 0.435 e. The topological polar surface area (TPSA) is 44.1 Å². The summed E-state index contributed by atoms with van der Waals surface area (Å²) in [5, 5.41) is 3.41. The fourth-order valence-electron chi connectivity index (χ4n) is 1.78. The predicted octanol–water partition coefficient (Wildman–Crippen LogP) is 2.41. The lowest BCUT2D eigenvalue weighted by Crippen LogP contribution is -2.21. The van der Waals surface area contributed by atoms with Gasteiger partial charge in [0, 0.05) is 6.61 Å². The number of ether oxygens (including phenoxy) is 1. The van der Waals surface area contributed by atoms with Gasteiger partial charge in [0.05, 0.1) is 0 Å². The van der Waals surface area contributed by atoms with Crippen molar-refractivity contribution in [1.29, 1.82) is 0 Å². The fraction of sp³-hybridized carbons (Fsp3) is 0.600. The standard InChI is InChI=1S/C10H11F3N2O2/c11-10(12,13)8-5-7(6-16)15(14-8)9-3-1-2-4-17-9/h5-6,9H,1-4H2. The van der Waals surface area contributed by atoms with E-state index in [1.54, 1.807) is 0 Å². The van der Waals surface area contributed by atoms with E-state index in [9.17, 15) is 18.0 Å². The fourth-order valence-corrected chi connectivity index (χ4v) is 1.78. The van der Waals surface area contributed by atoms with Crippen LogP contribution in [0.1, 0.15) is 41.7 Å². The van der Waals surface area contributed by atoms with E-state index in [1.807, 2.05) is 0 Å². The van der Waals surface area contributed by atoms with Crippen LogP contribution in [-0.2, 0) is 10.9 Å². The van der Waals surface area contributed by atoms with Crippen molar-refractivity contribution in [3.8, 4) is 0 Å². The predicted molar refractivity (Wildman–Crippen MR) is 51.5 cm³/mol. The Morgan fingerprint density at radius 2 is 2.24 bits per heavy atom. The van der Waals surface area contributed by atoms with E-state index in [0.29, 0.717) is 19.3 Å². The summed E-state index contributed by atoms with van der Waals surface area (Å²) in [6.07, 6.45) is -2.46. The number of carbonyl (C=O) groups is 1. The molecule has 1 aliphatic heterocycles. The van der Waals surface area contributed by atoms with Gasteiger partial charge in [-0.15, -0.1) is 0 Å². The first-order valence-electron chi connectivity index (χ1n) is 5.26. The second-order valence-electron chi connectivity index (χ2n) is 3.84. The van der Waals surface area contributed by atoms with Crippen LogP contribution in [0.3, 0.4) is 0 Å². The third kappa shape index (κ3) is 2.49. The summed E-state index contributed by atoms with van der Waals surface area (Å²) in [5.74, 6) is 0. The first-order valence-corrected chi connectivity index (χ1v) is 5.26. The summed E-state index contributed by atoms with van der Waals surface area (Å²) in [5.41, 5.74) is -1.17. The molecule has 1 aromatic rings. The Bertz CT molecular complexity index is 408. The molecule has 0 radical (unpaired) electrons. The lowest BCUT2D eigenvalue weighted by atomic mass is 10.2. The summed E-state index contributed by atoms with van der Waals surface area (Å²) >= 11 is 0. The van der Waals surface area contributed by atoms with E-state index >= 15 is 0 Å². The summed E-state index contributed by atoms with van der Waals surface area (Å²) in [7, 11) is 0. The van der Waals surface area contributed by atoms with Crippen LogP contribution in [0.4, 0.5) is 13.2 Å². The smallest absolute Gasteiger partial charge is 0.356 e. The molecule has 1 fully saturated rings. The van der Waals surface area contributed by atoms with Gasteiger partial charge in [0.15, 0.2) is 18.2 Å². The Balaban J connectivity index is 2.32. The molecule has 2 rings (SSSR count). The van der Waals surface area contributed by atoms with Gasteiger partial charge in [0.1, 0.15) is 5.69 Å². The normalized spacial score (nSPS) is 21.5. The molecule has 7 heteroatoms. The summed E-state index contributed by atoms with van der Waals surface area (Å²) in [4.78, 5) is 10.7. The Morgan fingerprint density at radius 1 is 1.47 bits per heavy atom. The number of aldehydes is 1. The molecule has 0 spiro atoms. The third-order valence-corrected chi connectivity index (χ3v) is 2.60. The molecule has 0 aromatic carbocycles. The number of halogens is 3.